The van der Waals surface area contributed by atoms with E-state index in [-0.39, 0.29) is 6.10 Å². The average Bonchev–Trinajstić information content (AvgIpc) is 3.23. The number of fused-ring (bicyclic) bond motifs is 1. The third-order valence-corrected chi connectivity index (χ3v) is 5.46. The van der Waals surface area contributed by atoms with Crippen molar-refractivity contribution in [1.82, 2.24) is 10.2 Å². The summed E-state index contributed by atoms with van der Waals surface area (Å²) >= 11 is 0. The van der Waals surface area contributed by atoms with Crippen molar-refractivity contribution in [2.45, 2.75) is 19.1 Å². The molecule has 29 heavy (non-hydrogen) atoms. The van der Waals surface area contributed by atoms with Crippen molar-refractivity contribution < 1.29 is 14.2 Å². The molecule has 0 aromatic heterocycles. The first-order chi connectivity index (χ1) is 14.2. The number of benzene rings is 2. The zero-order chi connectivity index (χ0) is 20.1. The lowest BCUT2D eigenvalue weighted by molar-refractivity contribution is 0.0914. The molecule has 2 heterocycles. The lowest BCUT2D eigenvalue weighted by Gasteiger charge is -2.26. The maximum atomic E-state index is 6.01. The van der Waals surface area contributed by atoms with Gasteiger partial charge in [-0.25, -0.2) is 0 Å². The SMILES string of the molecule is CN=C(NCC1CCOC1c1ccccc1)N(C)Cc1ccc2c(c1)OCCO2. The van der Waals surface area contributed by atoms with Crippen LogP contribution in [0.15, 0.2) is 53.5 Å². The molecule has 0 amide bonds. The Kier molecular flexibility index (Phi) is 6.20. The molecule has 2 aliphatic rings. The van der Waals surface area contributed by atoms with Gasteiger partial charge in [-0.15, -0.1) is 0 Å². The Morgan fingerprint density at radius 1 is 1.07 bits per heavy atom. The number of nitrogens with one attached hydrogen (secondary N) is 1. The first kappa shape index (κ1) is 19.6. The Hall–Kier alpha value is -2.73. The molecule has 6 heteroatoms. The van der Waals surface area contributed by atoms with Crippen molar-refractivity contribution in [3.05, 3.63) is 59.7 Å². The molecule has 0 saturated carbocycles. The highest BCUT2D eigenvalue weighted by Crippen LogP contribution is 2.34. The predicted octanol–water partition coefficient (Wildman–Crippen LogP) is 3.24. The van der Waals surface area contributed by atoms with Gasteiger partial charge in [-0.3, -0.25) is 4.99 Å². The third kappa shape index (κ3) is 4.65. The first-order valence-electron chi connectivity index (χ1n) is 10.2. The summed E-state index contributed by atoms with van der Waals surface area (Å²) in [5.41, 5.74) is 2.41. The van der Waals surface area contributed by atoms with Gasteiger partial charge in [0.15, 0.2) is 17.5 Å². The zero-order valence-corrected chi connectivity index (χ0v) is 17.1. The molecule has 2 aliphatic heterocycles. The largest absolute Gasteiger partial charge is 0.486 e. The normalized spacial score (nSPS) is 21.1. The number of hydrogen-bond acceptors (Lipinski definition) is 4. The van der Waals surface area contributed by atoms with Gasteiger partial charge < -0.3 is 24.4 Å². The maximum Gasteiger partial charge on any atom is 0.193 e. The quantitative estimate of drug-likeness (QED) is 0.622. The van der Waals surface area contributed by atoms with Gasteiger partial charge in [-0.05, 0) is 29.7 Å². The van der Waals surface area contributed by atoms with Crippen LogP contribution in [0.5, 0.6) is 11.5 Å². The van der Waals surface area contributed by atoms with E-state index < -0.39 is 0 Å². The minimum Gasteiger partial charge on any atom is -0.486 e. The molecule has 1 saturated heterocycles. The number of rotatable bonds is 5. The van der Waals surface area contributed by atoms with Crippen LogP contribution < -0.4 is 14.8 Å². The molecule has 0 spiro atoms. The fourth-order valence-electron chi connectivity index (χ4n) is 4.00. The average molecular weight is 396 g/mol. The van der Waals surface area contributed by atoms with Crippen molar-refractivity contribution in [3.63, 3.8) is 0 Å². The molecule has 1 N–H and O–H groups in total. The molecule has 2 unspecified atom stereocenters. The van der Waals surface area contributed by atoms with Crippen LogP contribution in [0.1, 0.15) is 23.7 Å². The van der Waals surface area contributed by atoms with Gasteiger partial charge in [-0.1, -0.05) is 36.4 Å². The van der Waals surface area contributed by atoms with Crippen LogP contribution in [0.4, 0.5) is 0 Å². The van der Waals surface area contributed by atoms with Crippen LogP contribution in [0.2, 0.25) is 0 Å². The number of ether oxygens (including phenoxy) is 3. The summed E-state index contributed by atoms with van der Waals surface area (Å²) in [6.45, 7) is 3.58. The van der Waals surface area contributed by atoms with Crippen LogP contribution in [-0.4, -0.2) is 51.3 Å². The Morgan fingerprint density at radius 2 is 1.86 bits per heavy atom. The number of aliphatic imine (C=N–C) groups is 1. The molecule has 0 aliphatic carbocycles. The Labute approximate surface area is 172 Å². The highest BCUT2D eigenvalue weighted by molar-refractivity contribution is 5.79. The molecule has 154 valence electrons. The van der Waals surface area contributed by atoms with Crippen LogP contribution in [0.3, 0.4) is 0 Å². The zero-order valence-electron chi connectivity index (χ0n) is 17.1. The van der Waals surface area contributed by atoms with Crippen molar-refractivity contribution >= 4 is 5.96 Å². The molecule has 0 radical (unpaired) electrons. The number of guanidine groups is 1. The van der Waals surface area contributed by atoms with E-state index in [1.54, 1.807) is 0 Å². The molecular weight excluding hydrogens is 366 g/mol. The smallest absolute Gasteiger partial charge is 0.193 e. The van der Waals surface area contributed by atoms with Crippen molar-refractivity contribution in [2.24, 2.45) is 10.9 Å². The second-order valence-corrected chi connectivity index (χ2v) is 7.51. The third-order valence-electron chi connectivity index (χ3n) is 5.46. The number of nitrogens with zero attached hydrogens (tertiary/aromatic N) is 2. The fraction of sp³-hybridized carbons (Fsp3) is 0.435. The Bertz CT molecular complexity index is 841. The van der Waals surface area contributed by atoms with E-state index in [9.17, 15) is 0 Å². The molecule has 6 nitrogen and oxygen atoms in total. The van der Waals surface area contributed by atoms with E-state index in [0.717, 1.165) is 49.1 Å². The van der Waals surface area contributed by atoms with Gasteiger partial charge in [0.05, 0.1) is 6.10 Å². The van der Waals surface area contributed by atoms with Crippen molar-refractivity contribution in [2.75, 3.05) is 40.5 Å². The molecule has 2 atom stereocenters. The molecule has 2 aromatic rings. The first-order valence-corrected chi connectivity index (χ1v) is 10.2. The van der Waals surface area contributed by atoms with Gasteiger partial charge in [0.2, 0.25) is 0 Å². The lowest BCUT2D eigenvalue weighted by atomic mass is 9.95. The summed E-state index contributed by atoms with van der Waals surface area (Å²) in [5.74, 6) is 2.94. The molecule has 2 aromatic carbocycles. The molecule has 1 fully saturated rings. The molecule has 4 rings (SSSR count). The van der Waals surface area contributed by atoms with E-state index >= 15 is 0 Å². The number of hydrogen-bond donors (Lipinski definition) is 1. The minimum atomic E-state index is 0.143. The van der Waals surface area contributed by atoms with E-state index in [0.29, 0.717) is 19.1 Å². The maximum absolute atomic E-state index is 6.01. The standard InChI is InChI=1S/C23H29N3O3/c1-24-23(25-15-19-10-11-29-22(19)18-6-4-3-5-7-18)26(2)16-17-8-9-20-21(14-17)28-13-12-27-20/h3-9,14,19,22H,10-13,15-16H2,1-2H3,(H,24,25). The van der Waals surface area contributed by atoms with Crippen LogP contribution >= 0.6 is 0 Å². The highest BCUT2D eigenvalue weighted by Gasteiger charge is 2.29. The van der Waals surface area contributed by atoms with E-state index in [4.69, 9.17) is 14.2 Å². The second kappa shape index (κ2) is 9.18. The summed E-state index contributed by atoms with van der Waals surface area (Å²) in [5, 5.41) is 3.53. The van der Waals surface area contributed by atoms with Crippen molar-refractivity contribution in [3.8, 4) is 11.5 Å². The van der Waals surface area contributed by atoms with Crippen LogP contribution in [0.25, 0.3) is 0 Å². The van der Waals surface area contributed by atoms with E-state index in [2.05, 4.69) is 51.6 Å². The predicted molar refractivity (Wildman–Crippen MR) is 114 cm³/mol. The van der Waals surface area contributed by atoms with Gasteiger partial charge in [0.25, 0.3) is 0 Å². The molecule has 0 bridgehead atoms. The minimum absolute atomic E-state index is 0.143. The Morgan fingerprint density at radius 3 is 2.66 bits per heavy atom. The van der Waals surface area contributed by atoms with Gasteiger partial charge >= 0.3 is 0 Å². The van der Waals surface area contributed by atoms with Crippen LogP contribution in [-0.2, 0) is 11.3 Å². The Balaban J connectivity index is 1.35. The van der Waals surface area contributed by atoms with E-state index in [1.165, 1.54) is 5.56 Å². The second-order valence-electron chi connectivity index (χ2n) is 7.51. The summed E-state index contributed by atoms with van der Waals surface area (Å²) in [4.78, 5) is 6.59. The highest BCUT2D eigenvalue weighted by atomic mass is 16.6. The monoisotopic (exact) mass is 395 g/mol. The molecular formula is C23H29N3O3. The lowest BCUT2D eigenvalue weighted by Crippen LogP contribution is -2.41. The van der Waals surface area contributed by atoms with Gasteiger partial charge in [0, 0.05) is 39.7 Å². The summed E-state index contributed by atoms with van der Waals surface area (Å²) in [6, 6.07) is 16.6. The van der Waals surface area contributed by atoms with Gasteiger partial charge in [-0.2, -0.15) is 0 Å². The van der Waals surface area contributed by atoms with Crippen LogP contribution in [0, 0.1) is 5.92 Å². The van der Waals surface area contributed by atoms with Gasteiger partial charge in [0.1, 0.15) is 13.2 Å². The summed E-state index contributed by atoms with van der Waals surface area (Å²) in [6.07, 6.45) is 1.19. The topological polar surface area (TPSA) is 55.3 Å². The summed E-state index contributed by atoms with van der Waals surface area (Å²) in [7, 11) is 3.87. The fourth-order valence-corrected chi connectivity index (χ4v) is 4.00. The van der Waals surface area contributed by atoms with Crippen molar-refractivity contribution in [1.29, 1.82) is 0 Å². The van der Waals surface area contributed by atoms with E-state index in [1.807, 2.05) is 26.2 Å². The summed E-state index contributed by atoms with van der Waals surface area (Å²) < 4.78 is 17.3.